The summed E-state index contributed by atoms with van der Waals surface area (Å²) >= 11 is 6.43. The lowest BCUT2D eigenvalue weighted by Crippen LogP contribution is -2.45. The van der Waals surface area contributed by atoms with Gasteiger partial charge in [-0.15, -0.1) is 10.2 Å². The van der Waals surface area contributed by atoms with Crippen molar-refractivity contribution in [3.63, 3.8) is 0 Å². The topological polar surface area (TPSA) is 88.3 Å². The van der Waals surface area contributed by atoms with Gasteiger partial charge in [0.25, 0.3) is 0 Å². The highest BCUT2D eigenvalue weighted by molar-refractivity contribution is 6.74. The van der Waals surface area contributed by atoms with E-state index in [9.17, 15) is 0 Å². The molecule has 0 unspecified atom stereocenters. The van der Waals surface area contributed by atoms with Crippen LogP contribution in [0.15, 0.2) is 40.8 Å². The normalized spacial score (nSPS) is 13.5. The fraction of sp³-hybridized carbons (Fsp3) is 0.385. The Morgan fingerprint density at radius 2 is 1.83 bits per heavy atom. The number of nitrogens with one attached hydrogen (secondary N) is 1. The second-order valence-corrected chi connectivity index (χ2v) is 15.2. The molecule has 0 amide bonds. The van der Waals surface area contributed by atoms with Crippen LogP contribution in [0.2, 0.25) is 23.2 Å². The van der Waals surface area contributed by atoms with Gasteiger partial charge in [-0.25, -0.2) is 4.85 Å². The lowest BCUT2D eigenvalue weighted by atomic mass is 10.1. The van der Waals surface area contributed by atoms with Crippen LogP contribution in [0.3, 0.4) is 0 Å². The third kappa shape index (κ3) is 5.74. The number of anilines is 1. The predicted molar refractivity (Wildman–Crippen MR) is 141 cm³/mol. The maximum Gasteiger partial charge on any atom is 0.247 e. The first kappa shape index (κ1) is 26.4. The minimum absolute atomic E-state index is 0.0187. The van der Waals surface area contributed by atoms with Crippen molar-refractivity contribution in [1.82, 2.24) is 10.2 Å². The zero-order chi connectivity index (χ0) is 26.0. The largest absolute Gasteiger partial charge is 0.418 e. The maximum absolute atomic E-state index is 9.06. The third-order valence-corrected chi connectivity index (χ3v) is 11.6. The number of aromatic nitrogens is 2. The van der Waals surface area contributed by atoms with E-state index in [0.717, 1.165) is 16.8 Å². The van der Waals surface area contributed by atoms with Crippen molar-refractivity contribution in [3.8, 4) is 17.5 Å². The minimum atomic E-state index is -2.11. The molecule has 3 rings (SSSR count). The molecule has 1 heterocycles. The van der Waals surface area contributed by atoms with E-state index in [1.165, 1.54) is 0 Å². The number of hydrogen-bond acceptors (Lipinski definition) is 6. The van der Waals surface area contributed by atoms with Crippen LogP contribution in [0.5, 0.6) is 0 Å². The number of hydrogen-bond donors (Lipinski definition) is 1. The van der Waals surface area contributed by atoms with Crippen LogP contribution in [0, 0.1) is 24.8 Å². The lowest BCUT2D eigenvalue weighted by molar-refractivity contribution is 0.166. The van der Waals surface area contributed by atoms with Gasteiger partial charge in [-0.1, -0.05) is 38.4 Å². The van der Waals surface area contributed by atoms with Crippen LogP contribution in [-0.4, -0.2) is 24.6 Å². The summed E-state index contributed by atoms with van der Waals surface area (Å²) in [5.41, 5.74) is 3.20. The van der Waals surface area contributed by atoms with Crippen LogP contribution < -0.4 is 5.32 Å². The van der Waals surface area contributed by atoms with Gasteiger partial charge in [-0.05, 0) is 67.9 Å². The average Bonchev–Trinajstić information content (AvgIpc) is 3.29. The van der Waals surface area contributed by atoms with E-state index in [1.807, 2.05) is 19.9 Å². The maximum atomic E-state index is 9.06. The first-order valence-electron chi connectivity index (χ1n) is 11.3. The summed E-state index contributed by atoms with van der Waals surface area (Å²) < 4.78 is 12.8. The van der Waals surface area contributed by atoms with E-state index in [2.05, 4.69) is 60.3 Å². The fourth-order valence-corrected chi connectivity index (χ4v) is 4.96. The van der Waals surface area contributed by atoms with Gasteiger partial charge in [0.15, 0.2) is 8.32 Å². The molecular formula is C26H30ClN5O2Si. The Labute approximate surface area is 213 Å². The quantitative estimate of drug-likeness (QED) is 0.260. The number of benzene rings is 2. The Kier molecular flexibility index (Phi) is 7.71. The summed E-state index contributed by atoms with van der Waals surface area (Å²) in [6.07, 6.45) is -0.302. The molecular weight excluding hydrogens is 478 g/mol. The van der Waals surface area contributed by atoms with Crippen LogP contribution >= 0.6 is 11.6 Å². The number of halogens is 1. The molecule has 0 aliphatic carbocycles. The van der Waals surface area contributed by atoms with Crippen molar-refractivity contribution in [2.24, 2.45) is 0 Å². The molecule has 0 spiro atoms. The molecule has 2 atom stereocenters. The predicted octanol–water partition coefficient (Wildman–Crippen LogP) is 7.68. The zero-order valence-corrected chi connectivity index (χ0v) is 22.9. The van der Waals surface area contributed by atoms with Gasteiger partial charge in [-0.2, -0.15) is 5.26 Å². The molecule has 0 saturated heterocycles. The third-order valence-electron chi connectivity index (χ3n) is 6.52. The second kappa shape index (κ2) is 10.2. The molecule has 3 aromatic rings. The highest BCUT2D eigenvalue weighted by atomic mass is 35.5. The SMILES string of the molecule is [C-]#[N+]c1ccc(N[C@@H](c2nnc(-c3ccc(C#N)cc3)o2)[C@H](C)O[Si](C)(C)C(C)(C)C)c(C)c1Cl. The van der Waals surface area contributed by atoms with Crippen molar-refractivity contribution in [1.29, 1.82) is 5.26 Å². The Balaban J connectivity index is 2.00. The molecule has 7 nitrogen and oxygen atoms in total. The van der Waals surface area contributed by atoms with E-state index in [4.69, 9.17) is 32.3 Å². The van der Waals surface area contributed by atoms with Gasteiger partial charge in [0.05, 0.1) is 29.3 Å². The Morgan fingerprint density at radius 3 is 2.40 bits per heavy atom. The summed E-state index contributed by atoms with van der Waals surface area (Å²) in [5.74, 6) is 0.731. The van der Waals surface area contributed by atoms with Gasteiger partial charge in [-0.3, -0.25) is 0 Å². The Bertz CT molecular complexity index is 1280. The van der Waals surface area contributed by atoms with Crippen molar-refractivity contribution >= 4 is 31.3 Å². The molecule has 182 valence electrons. The van der Waals surface area contributed by atoms with Crippen LogP contribution in [0.1, 0.15) is 50.8 Å². The first-order valence-corrected chi connectivity index (χ1v) is 14.6. The van der Waals surface area contributed by atoms with E-state index in [1.54, 1.807) is 30.3 Å². The molecule has 0 fully saturated rings. The fourth-order valence-electron chi connectivity index (χ4n) is 3.33. The highest BCUT2D eigenvalue weighted by Gasteiger charge is 2.41. The van der Waals surface area contributed by atoms with Gasteiger partial charge in [0.1, 0.15) is 6.04 Å². The van der Waals surface area contributed by atoms with E-state index in [0.29, 0.717) is 28.1 Å². The van der Waals surface area contributed by atoms with Gasteiger partial charge < -0.3 is 14.2 Å². The number of rotatable bonds is 7. The summed E-state index contributed by atoms with van der Waals surface area (Å²) in [6.45, 7) is 22.1. The molecule has 9 heteroatoms. The molecule has 35 heavy (non-hydrogen) atoms. The van der Waals surface area contributed by atoms with Crippen LogP contribution in [0.4, 0.5) is 11.4 Å². The van der Waals surface area contributed by atoms with Crippen LogP contribution in [-0.2, 0) is 4.43 Å². The highest BCUT2D eigenvalue weighted by Crippen LogP contribution is 2.40. The van der Waals surface area contributed by atoms with Gasteiger partial charge >= 0.3 is 0 Å². The van der Waals surface area contributed by atoms with Crippen molar-refractivity contribution in [3.05, 3.63) is 69.9 Å². The Hall–Kier alpha value is -3.17. The molecule has 1 N–H and O–H groups in total. The van der Waals surface area contributed by atoms with Gasteiger partial charge in [0.2, 0.25) is 17.5 Å². The van der Waals surface area contributed by atoms with E-state index >= 15 is 0 Å². The summed E-state index contributed by atoms with van der Waals surface area (Å²) in [5, 5.41) is 21.6. The van der Waals surface area contributed by atoms with Crippen molar-refractivity contribution in [2.45, 2.75) is 64.9 Å². The minimum Gasteiger partial charge on any atom is -0.418 e. The lowest BCUT2D eigenvalue weighted by Gasteiger charge is -2.40. The summed E-state index contributed by atoms with van der Waals surface area (Å²) in [4.78, 5) is 3.48. The molecule has 0 bridgehead atoms. The molecule has 1 aromatic heterocycles. The number of nitrogens with zero attached hydrogens (tertiary/aromatic N) is 4. The molecule has 0 aliphatic heterocycles. The monoisotopic (exact) mass is 507 g/mol. The summed E-state index contributed by atoms with van der Waals surface area (Å²) in [6, 6.07) is 12.1. The first-order chi connectivity index (χ1) is 16.4. The van der Waals surface area contributed by atoms with E-state index in [-0.39, 0.29) is 11.1 Å². The van der Waals surface area contributed by atoms with Crippen molar-refractivity contribution in [2.75, 3.05) is 5.32 Å². The second-order valence-electron chi connectivity index (χ2n) is 10.0. The average molecular weight is 508 g/mol. The zero-order valence-electron chi connectivity index (χ0n) is 21.1. The van der Waals surface area contributed by atoms with Crippen molar-refractivity contribution < 1.29 is 8.84 Å². The molecule has 0 aliphatic rings. The molecule has 0 saturated carbocycles. The number of nitriles is 1. The van der Waals surface area contributed by atoms with Gasteiger partial charge in [0, 0.05) is 11.3 Å². The smallest absolute Gasteiger partial charge is 0.247 e. The standard InChI is InChI=1S/C26H30ClN5O2Si/c1-16-20(13-14-21(29-6)22(16)27)30-23(17(2)34-35(7,8)26(3,4)5)25-32-31-24(33-25)19-11-9-18(15-28)10-12-19/h9-14,17,23,30H,1-5,7-8H3/t17-,23+/m0/s1. The summed E-state index contributed by atoms with van der Waals surface area (Å²) in [7, 11) is -2.11. The van der Waals surface area contributed by atoms with Crippen LogP contribution in [0.25, 0.3) is 16.3 Å². The Morgan fingerprint density at radius 1 is 1.17 bits per heavy atom. The van der Waals surface area contributed by atoms with E-state index < -0.39 is 14.4 Å². The molecule has 0 radical (unpaired) electrons. The molecule has 2 aromatic carbocycles.